The third kappa shape index (κ3) is 4.88. The summed E-state index contributed by atoms with van der Waals surface area (Å²) in [5.74, 6) is -1.59. The van der Waals surface area contributed by atoms with E-state index in [2.05, 4.69) is 4.98 Å². The number of benzene rings is 1. The Morgan fingerprint density at radius 3 is 2.50 bits per heavy atom. The second kappa shape index (κ2) is 9.94. The van der Waals surface area contributed by atoms with Crippen molar-refractivity contribution < 1.29 is 33.5 Å². The summed E-state index contributed by atoms with van der Waals surface area (Å²) < 4.78 is 15.4. The maximum atomic E-state index is 12.5. The van der Waals surface area contributed by atoms with Gasteiger partial charge in [0.15, 0.2) is 18.1 Å². The molecule has 11 nitrogen and oxygen atoms in total. The molecule has 1 aromatic heterocycles. The molecular weight excluding hydrogens is 422 g/mol. The van der Waals surface area contributed by atoms with Crippen molar-refractivity contribution in [3.8, 4) is 11.5 Å². The van der Waals surface area contributed by atoms with Crippen LogP contribution in [0.4, 0.5) is 5.69 Å². The second-order valence-corrected chi connectivity index (χ2v) is 7.01. The highest BCUT2D eigenvalue weighted by atomic mass is 16.6. The Hall–Kier alpha value is -3.89. The first-order valence-electron chi connectivity index (χ1n) is 10.0. The zero-order valence-electron chi connectivity index (χ0n) is 17.7. The number of ether oxygens (including phenoxy) is 3. The van der Waals surface area contributed by atoms with E-state index in [0.717, 1.165) is 25.0 Å². The fourth-order valence-electron chi connectivity index (χ4n) is 3.35. The highest BCUT2D eigenvalue weighted by molar-refractivity contribution is 6.02. The molecular formula is C21H23N3O8. The Morgan fingerprint density at radius 2 is 1.88 bits per heavy atom. The maximum Gasteiger partial charge on any atom is 0.345 e. The Morgan fingerprint density at radius 1 is 1.16 bits per heavy atom. The number of esters is 1. The first kappa shape index (κ1) is 22.8. The SMILES string of the molecule is CCOc1cc(C(=O)OCC(=O)c2c[nH]c(C(=O)N3CCCC3)c2)c([N+](=O)[O-])cc1OC. The molecule has 1 N–H and O–H groups in total. The molecule has 0 spiro atoms. The van der Waals surface area contributed by atoms with E-state index in [1.165, 1.54) is 19.4 Å². The summed E-state index contributed by atoms with van der Waals surface area (Å²) in [6, 6.07) is 3.61. The number of H-pyrrole nitrogens is 1. The van der Waals surface area contributed by atoms with E-state index >= 15 is 0 Å². The van der Waals surface area contributed by atoms with E-state index in [1.54, 1.807) is 11.8 Å². The van der Waals surface area contributed by atoms with Crippen molar-refractivity contribution in [1.82, 2.24) is 9.88 Å². The number of ketones is 1. The van der Waals surface area contributed by atoms with Gasteiger partial charge in [0.1, 0.15) is 11.3 Å². The van der Waals surface area contributed by atoms with Gasteiger partial charge in [-0.1, -0.05) is 0 Å². The van der Waals surface area contributed by atoms with Gasteiger partial charge in [-0.15, -0.1) is 0 Å². The minimum atomic E-state index is -1.06. The summed E-state index contributed by atoms with van der Waals surface area (Å²) in [5.41, 5.74) is -0.470. The van der Waals surface area contributed by atoms with Crippen molar-refractivity contribution >= 4 is 23.3 Å². The number of nitro groups is 1. The number of aromatic nitrogens is 1. The minimum Gasteiger partial charge on any atom is -0.493 e. The number of nitro benzene ring substituents is 1. The van der Waals surface area contributed by atoms with Gasteiger partial charge in [-0.2, -0.15) is 0 Å². The number of amides is 1. The van der Waals surface area contributed by atoms with Crippen LogP contribution in [0.2, 0.25) is 0 Å². The number of hydrogen-bond donors (Lipinski definition) is 1. The van der Waals surface area contributed by atoms with Crippen molar-refractivity contribution in [3.63, 3.8) is 0 Å². The Labute approximate surface area is 183 Å². The van der Waals surface area contributed by atoms with Crippen LogP contribution in [0.1, 0.15) is 51.0 Å². The van der Waals surface area contributed by atoms with Gasteiger partial charge < -0.3 is 24.1 Å². The van der Waals surface area contributed by atoms with Crippen molar-refractivity contribution in [2.24, 2.45) is 0 Å². The Balaban J connectivity index is 1.71. The summed E-state index contributed by atoms with van der Waals surface area (Å²) in [7, 11) is 1.32. The zero-order valence-corrected chi connectivity index (χ0v) is 17.7. The molecule has 11 heteroatoms. The number of aromatic amines is 1. The van der Waals surface area contributed by atoms with Gasteiger partial charge in [0, 0.05) is 30.9 Å². The standard InChI is InChI=1S/C21H23N3O8/c1-3-31-19-9-14(16(24(28)29)10-18(19)30-2)21(27)32-12-17(25)13-8-15(22-11-13)20(26)23-6-4-5-7-23/h8-11,22H,3-7,12H2,1-2H3. The summed E-state index contributed by atoms with van der Waals surface area (Å²) >= 11 is 0. The number of methoxy groups -OCH3 is 1. The molecule has 0 unspecified atom stereocenters. The van der Waals surface area contributed by atoms with Crippen LogP contribution in [-0.2, 0) is 4.74 Å². The van der Waals surface area contributed by atoms with Crippen molar-refractivity contribution in [1.29, 1.82) is 0 Å². The topological polar surface area (TPSA) is 141 Å². The summed E-state index contributed by atoms with van der Waals surface area (Å²) in [6.45, 7) is 2.64. The lowest BCUT2D eigenvalue weighted by Gasteiger charge is -2.13. The monoisotopic (exact) mass is 445 g/mol. The number of carbonyl (C=O) groups is 3. The van der Waals surface area contributed by atoms with Crippen LogP contribution in [0.15, 0.2) is 24.4 Å². The number of carbonyl (C=O) groups excluding carboxylic acids is 3. The van der Waals surface area contributed by atoms with Crippen LogP contribution in [0.3, 0.4) is 0 Å². The first-order chi connectivity index (χ1) is 15.3. The number of hydrogen-bond acceptors (Lipinski definition) is 8. The fourth-order valence-corrected chi connectivity index (χ4v) is 3.35. The van der Waals surface area contributed by atoms with Crippen molar-refractivity contribution in [3.05, 3.63) is 51.3 Å². The maximum absolute atomic E-state index is 12.5. The van der Waals surface area contributed by atoms with Crippen LogP contribution >= 0.6 is 0 Å². The van der Waals surface area contributed by atoms with E-state index in [4.69, 9.17) is 14.2 Å². The molecule has 1 aromatic carbocycles. The molecule has 1 aliphatic rings. The lowest BCUT2D eigenvalue weighted by Crippen LogP contribution is -2.27. The van der Waals surface area contributed by atoms with Crippen LogP contribution in [0.25, 0.3) is 0 Å². The van der Waals surface area contributed by atoms with Gasteiger partial charge in [-0.05, 0) is 25.8 Å². The number of likely N-dealkylation sites (tertiary alicyclic amines) is 1. The van der Waals surface area contributed by atoms with Gasteiger partial charge in [0.25, 0.3) is 11.6 Å². The quantitative estimate of drug-likeness (QED) is 0.269. The summed E-state index contributed by atoms with van der Waals surface area (Å²) in [6.07, 6.45) is 3.25. The molecule has 0 radical (unpaired) electrons. The first-order valence-corrected chi connectivity index (χ1v) is 10.0. The second-order valence-electron chi connectivity index (χ2n) is 7.01. The Bertz CT molecular complexity index is 1040. The number of nitrogens with one attached hydrogen (secondary N) is 1. The molecule has 1 amide bonds. The predicted octanol–water partition coefficient (Wildman–Crippen LogP) is 2.61. The van der Waals surface area contributed by atoms with Gasteiger partial charge in [0.05, 0.1) is 24.7 Å². The average molecular weight is 445 g/mol. The molecule has 1 aliphatic heterocycles. The molecule has 1 fully saturated rings. The van der Waals surface area contributed by atoms with E-state index < -0.39 is 29.0 Å². The van der Waals surface area contributed by atoms with Gasteiger partial charge in [0.2, 0.25) is 5.78 Å². The van der Waals surface area contributed by atoms with Crippen LogP contribution in [0, 0.1) is 10.1 Å². The van der Waals surface area contributed by atoms with Gasteiger partial charge in [-0.3, -0.25) is 19.7 Å². The van der Waals surface area contributed by atoms with E-state index in [9.17, 15) is 24.5 Å². The number of nitrogens with zero attached hydrogens (tertiary/aromatic N) is 2. The number of rotatable bonds is 9. The fraction of sp³-hybridized carbons (Fsp3) is 0.381. The molecule has 2 heterocycles. The van der Waals surface area contributed by atoms with E-state index in [1.807, 2.05) is 0 Å². The van der Waals surface area contributed by atoms with Crippen LogP contribution in [-0.4, -0.2) is 65.9 Å². The van der Waals surface area contributed by atoms with E-state index in [-0.39, 0.29) is 40.8 Å². The highest BCUT2D eigenvalue weighted by Gasteiger charge is 2.27. The minimum absolute atomic E-state index is 0.0914. The highest BCUT2D eigenvalue weighted by Crippen LogP contribution is 2.35. The third-order valence-electron chi connectivity index (χ3n) is 4.96. The van der Waals surface area contributed by atoms with E-state index in [0.29, 0.717) is 13.1 Å². The lowest BCUT2D eigenvalue weighted by atomic mass is 10.1. The van der Waals surface area contributed by atoms with Crippen LogP contribution < -0.4 is 9.47 Å². The van der Waals surface area contributed by atoms with Crippen LogP contribution in [0.5, 0.6) is 11.5 Å². The molecule has 0 saturated carbocycles. The average Bonchev–Trinajstić information content (AvgIpc) is 3.49. The molecule has 0 aliphatic carbocycles. The van der Waals surface area contributed by atoms with Gasteiger partial charge in [-0.25, -0.2) is 4.79 Å². The molecule has 0 bridgehead atoms. The Kier molecular flexibility index (Phi) is 7.08. The normalized spacial score (nSPS) is 13.0. The van der Waals surface area contributed by atoms with Gasteiger partial charge >= 0.3 is 5.97 Å². The van der Waals surface area contributed by atoms with Crippen molar-refractivity contribution in [2.45, 2.75) is 19.8 Å². The van der Waals surface area contributed by atoms with Crippen molar-refractivity contribution in [2.75, 3.05) is 33.4 Å². The number of Topliss-reactive ketones (excluding diaryl/α,β-unsaturated/α-hetero) is 1. The predicted molar refractivity (Wildman–Crippen MR) is 111 cm³/mol. The molecule has 1 saturated heterocycles. The largest absolute Gasteiger partial charge is 0.493 e. The zero-order chi connectivity index (χ0) is 23.3. The summed E-state index contributed by atoms with van der Waals surface area (Å²) in [5, 5.41) is 11.4. The molecule has 3 rings (SSSR count). The molecule has 32 heavy (non-hydrogen) atoms. The summed E-state index contributed by atoms with van der Waals surface area (Å²) in [4.78, 5) is 52.4. The third-order valence-corrected chi connectivity index (χ3v) is 4.96. The smallest absolute Gasteiger partial charge is 0.345 e. The molecule has 170 valence electrons. The lowest BCUT2D eigenvalue weighted by molar-refractivity contribution is -0.385. The molecule has 2 aromatic rings. The molecule has 0 atom stereocenters.